The highest BCUT2D eigenvalue weighted by Crippen LogP contribution is 2.27. The van der Waals surface area contributed by atoms with E-state index in [4.69, 9.17) is 4.74 Å². The Labute approximate surface area is 157 Å². The van der Waals surface area contributed by atoms with Gasteiger partial charge in [0.1, 0.15) is 5.75 Å². The van der Waals surface area contributed by atoms with E-state index in [1.165, 1.54) is 11.1 Å². The van der Waals surface area contributed by atoms with Crippen molar-refractivity contribution in [3.63, 3.8) is 0 Å². The fraction of sp³-hybridized carbons (Fsp3) is 0.409. The van der Waals surface area contributed by atoms with Crippen LogP contribution in [-0.4, -0.2) is 43.2 Å². The monoisotopic (exact) mass is 353 g/mol. The third-order valence-electron chi connectivity index (χ3n) is 4.17. The number of pyridine rings is 1. The minimum atomic E-state index is 0.846. The lowest BCUT2D eigenvalue weighted by atomic mass is 10.1. The van der Waals surface area contributed by atoms with Gasteiger partial charge in [0.2, 0.25) is 0 Å². The average Bonchev–Trinajstić information content (AvgIpc) is 2.62. The molecule has 0 fully saturated rings. The molecule has 0 aliphatic carbocycles. The number of allylic oxidation sites excluding steroid dienone is 2. The molecule has 26 heavy (non-hydrogen) atoms. The van der Waals surface area contributed by atoms with Gasteiger partial charge in [-0.15, -0.1) is 0 Å². The number of fused-ring (bicyclic) bond motifs is 1. The Bertz CT molecular complexity index is 752. The van der Waals surface area contributed by atoms with Gasteiger partial charge in [-0.05, 0) is 39.8 Å². The molecule has 0 radical (unpaired) electrons. The van der Waals surface area contributed by atoms with Crippen LogP contribution in [0.15, 0.2) is 53.8 Å². The summed E-state index contributed by atoms with van der Waals surface area (Å²) in [6, 6.07) is 8.05. The maximum atomic E-state index is 5.43. The molecule has 2 aromatic rings. The summed E-state index contributed by atoms with van der Waals surface area (Å²) in [5.41, 5.74) is 4.70. The van der Waals surface area contributed by atoms with E-state index in [9.17, 15) is 0 Å². The van der Waals surface area contributed by atoms with Crippen molar-refractivity contribution in [3.8, 4) is 5.75 Å². The molecule has 4 heteroatoms. The van der Waals surface area contributed by atoms with Crippen LogP contribution in [0.2, 0.25) is 0 Å². The molecule has 0 aliphatic heterocycles. The number of aromatic nitrogens is 1. The van der Waals surface area contributed by atoms with Crippen LogP contribution in [0.3, 0.4) is 0 Å². The van der Waals surface area contributed by atoms with Crippen LogP contribution >= 0.6 is 0 Å². The summed E-state index contributed by atoms with van der Waals surface area (Å²) >= 11 is 0. The highest BCUT2D eigenvalue weighted by molar-refractivity contribution is 5.91. The van der Waals surface area contributed by atoms with Gasteiger partial charge >= 0.3 is 0 Å². The normalized spacial score (nSPS) is 10.7. The van der Waals surface area contributed by atoms with E-state index in [1.807, 2.05) is 24.4 Å². The van der Waals surface area contributed by atoms with E-state index in [2.05, 4.69) is 61.1 Å². The second-order valence-corrected chi connectivity index (χ2v) is 7.00. The second-order valence-electron chi connectivity index (χ2n) is 7.00. The fourth-order valence-corrected chi connectivity index (χ4v) is 2.65. The molecule has 2 rings (SSSR count). The topological polar surface area (TPSA) is 37.4 Å². The number of hydrogen-bond acceptors (Lipinski definition) is 4. The Balaban J connectivity index is 2.07. The standard InChI is InChI=1S/C22H31N3O/c1-17(2)8-12-25(13-9-18(3)4)14-11-23-21-16-20(26-5)15-19-7-6-10-24-22(19)21/h6-10,15-16,23H,11-14H2,1-5H3. The van der Waals surface area contributed by atoms with Crippen LogP contribution in [0.4, 0.5) is 5.69 Å². The van der Waals surface area contributed by atoms with Crippen molar-refractivity contribution >= 4 is 16.6 Å². The van der Waals surface area contributed by atoms with E-state index < -0.39 is 0 Å². The summed E-state index contributed by atoms with van der Waals surface area (Å²) in [5.74, 6) is 0.846. The van der Waals surface area contributed by atoms with Crippen molar-refractivity contribution in [3.05, 3.63) is 53.8 Å². The number of benzene rings is 1. The number of nitrogens with zero attached hydrogens (tertiary/aromatic N) is 2. The SMILES string of the molecule is COc1cc(NCCN(CC=C(C)C)CC=C(C)C)c2ncccc2c1. The lowest BCUT2D eigenvalue weighted by Crippen LogP contribution is -2.30. The van der Waals surface area contributed by atoms with Gasteiger partial charge in [-0.2, -0.15) is 0 Å². The number of ether oxygens (including phenoxy) is 1. The highest BCUT2D eigenvalue weighted by atomic mass is 16.5. The molecule has 1 aromatic carbocycles. The molecule has 0 bridgehead atoms. The summed E-state index contributed by atoms with van der Waals surface area (Å²) in [5, 5.41) is 4.63. The Hall–Kier alpha value is -2.33. The molecular formula is C22H31N3O. The van der Waals surface area contributed by atoms with Gasteiger partial charge in [0.15, 0.2) is 0 Å². The molecule has 140 valence electrons. The Morgan fingerprint density at radius 2 is 1.81 bits per heavy atom. The lowest BCUT2D eigenvalue weighted by Gasteiger charge is -2.20. The van der Waals surface area contributed by atoms with Crippen molar-refractivity contribution in [2.75, 3.05) is 38.6 Å². The van der Waals surface area contributed by atoms with Gasteiger partial charge in [0.05, 0.1) is 18.3 Å². The van der Waals surface area contributed by atoms with E-state index in [1.54, 1.807) is 7.11 Å². The van der Waals surface area contributed by atoms with E-state index in [0.29, 0.717) is 0 Å². The second kappa shape index (κ2) is 9.97. The molecule has 4 nitrogen and oxygen atoms in total. The summed E-state index contributed by atoms with van der Waals surface area (Å²) in [6.45, 7) is 12.3. The summed E-state index contributed by atoms with van der Waals surface area (Å²) in [6.07, 6.45) is 6.39. The molecule has 0 aliphatic rings. The Morgan fingerprint density at radius 1 is 1.12 bits per heavy atom. The van der Waals surface area contributed by atoms with E-state index >= 15 is 0 Å². The molecule has 0 saturated heterocycles. The maximum Gasteiger partial charge on any atom is 0.121 e. The number of methoxy groups -OCH3 is 1. The number of hydrogen-bond donors (Lipinski definition) is 1. The molecule has 0 amide bonds. The first-order valence-corrected chi connectivity index (χ1v) is 9.15. The zero-order chi connectivity index (χ0) is 18.9. The first-order valence-electron chi connectivity index (χ1n) is 9.15. The lowest BCUT2D eigenvalue weighted by molar-refractivity contribution is 0.347. The molecule has 1 aromatic heterocycles. The summed E-state index contributed by atoms with van der Waals surface area (Å²) in [4.78, 5) is 6.96. The molecule has 0 saturated carbocycles. The largest absolute Gasteiger partial charge is 0.497 e. The Morgan fingerprint density at radius 3 is 2.42 bits per heavy atom. The molecule has 0 spiro atoms. The maximum absolute atomic E-state index is 5.43. The molecule has 0 atom stereocenters. The van der Waals surface area contributed by atoms with Crippen molar-refractivity contribution in [2.45, 2.75) is 27.7 Å². The summed E-state index contributed by atoms with van der Waals surface area (Å²) in [7, 11) is 1.70. The number of rotatable bonds is 9. The van der Waals surface area contributed by atoms with Gasteiger partial charge in [-0.1, -0.05) is 29.4 Å². The third kappa shape index (κ3) is 6.19. The zero-order valence-electron chi connectivity index (χ0n) is 16.7. The van der Waals surface area contributed by atoms with Crippen LogP contribution < -0.4 is 10.1 Å². The first kappa shape index (κ1) is 20.0. The van der Waals surface area contributed by atoms with Gasteiger partial charge in [-0.3, -0.25) is 9.88 Å². The van der Waals surface area contributed by atoms with Crippen molar-refractivity contribution in [1.29, 1.82) is 0 Å². The average molecular weight is 354 g/mol. The molecular weight excluding hydrogens is 322 g/mol. The van der Waals surface area contributed by atoms with Crippen molar-refractivity contribution in [2.24, 2.45) is 0 Å². The zero-order valence-corrected chi connectivity index (χ0v) is 16.7. The van der Waals surface area contributed by atoms with Crippen LogP contribution in [0.25, 0.3) is 10.9 Å². The van der Waals surface area contributed by atoms with E-state index in [0.717, 1.165) is 48.5 Å². The number of anilines is 1. The minimum absolute atomic E-state index is 0.846. The number of nitrogens with one attached hydrogen (secondary N) is 1. The first-order chi connectivity index (χ1) is 12.5. The summed E-state index contributed by atoms with van der Waals surface area (Å²) < 4.78 is 5.43. The molecule has 0 unspecified atom stereocenters. The van der Waals surface area contributed by atoms with Gasteiger partial charge < -0.3 is 10.1 Å². The van der Waals surface area contributed by atoms with Crippen LogP contribution in [0.5, 0.6) is 5.75 Å². The predicted octanol–water partition coefficient (Wildman–Crippen LogP) is 4.89. The van der Waals surface area contributed by atoms with E-state index in [-0.39, 0.29) is 0 Å². The minimum Gasteiger partial charge on any atom is -0.497 e. The van der Waals surface area contributed by atoms with Gasteiger partial charge in [0.25, 0.3) is 0 Å². The predicted molar refractivity (Wildman–Crippen MR) is 112 cm³/mol. The van der Waals surface area contributed by atoms with Gasteiger partial charge in [0, 0.05) is 43.8 Å². The van der Waals surface area contributed by atoms with Crippen LogP contribution in [0, 0.1) is 0 Å². The van der Waals surface area contributed by atoms with Crippen LogP contribution in [0.1, 0.15) is 27.7 Å². The quantitative estimate of drug-likeness (QED) is 0.651. The van der Waals surface area contributed by atoms with Crippen LogP contribution in [-0.2, 0) is 0 Å². The third-order valence-corrected chi connectivity index (χ3v) is 4.17. The Kier molecular flexibility index (Phi) is 7.67. The fourth-order valence-electron chi connectivity index (χ4n) is 2.65. The van der Waals surface area contributed by atoms with Gasteiger partial charge in [-0.25, -0.2) is 0 Å². The molecule has 1 heterocycles. The highest BCUT2D eigenvalue weighted by Gasteiger charge is 2.07. The molecule has 1 N–H and O–H groups in total. The van der Waals surface area contributed by atoms with Crippen molar-refractivity contribution < 1.29 is 4.74 Å². The smallest absolute Gasteiger partial charge is 0.121 e. The van der Waals surface area contributed by atoms with Crippen molar-refractivity contribution in [1.82, 2.24) is 9.88 Å².